The minimum Gasteiger partial charge on any atom is -0.314 e. The molecule has 0 bridgehead atoms. The monoisotopic (exact) mass is 252 g/mol. The largest absolute Gasteiger partial charge is 0.314 e. The average Bonchev–Trinajstić information content (AvgIpc) is 2.27. The normalized spacial score (nSPS) is 40.2. The molecule has 1 N–H and O–H groups in total. The lowest BCUT2D eigenvalue weighted by molar-refractivity contribution is 0.0977. The maximum Gasteiger partial charge on any atom is 0.0100 e. The molecule has 1 aliphatic heterocycles. The predicted octanol–water partition coefficient (Wildman–Crippen LogP) is 3.28. The quantitative estimate of drug-likeness (QED) is 0.811. The highest BCUT2D eigenvalue weighted by Crippen LogP contribution is 2.32. The fourth-order valence-corrected chi connectivity index (χ4v) is 4.04. The fourth-order valence-electron chi connectivity index (χ4n) is 4.04. The Hall–Kier alpha value is -0.0800. The SMILES string of the molecule is CCC1CCN(C2CC(C)CC(C)C2)CCCN1. The molecule has 1 heterocycles. The van der Waals surface area contributed by atoms with Crippen molar-refractivity contribution in [1.82, 2.24) is 10.2 Å². The zero-order valence-electron chi connectivity index (χ0n) is 12.6. The van der Waals surface area contributed by atoms with Crippen molar-refractivity contribution in [1.29, 1.82) is 0 Å². The summed E-state index contributed by atoms with van der Waals surface area (Å²) in [6.45, 7) is 11.1. The zero-order chi connectivity index (χ0) is 13.0. The van der Waals surface area contributed by atoms with E-state index >= 15 is 0 Å². The second-order valence-electron chi connectivity index (χ2n) is 6.81. The number of hydrogen-bond acceptors (Lipinski definition) is 2. The van der Waals surface area contributed by atoms with Crippen LogP contribution in [0.15, 0.2) is 0 Å². The molecule has 0 spiro atoms. The van der Waals surface area contributed by atoms with Gasteiger partial charge in [-0.15, -0.1) is 0 Å². The summed E-state index contributed by atoms with van der Waals surface area (Å²) in [6, 6.07) is 1.63. The van der Waals surface area contributed by atoms with Gasteiger partial charge in [0.05, 0.1) is 0 Å². The highest BCUT2D eigenvalue weighted by atomic mass is 15.2. The molecule has 2 rings (SSSR count). The van der Waals surface area contributed by atoms with Crippen LogP contribution in [0.2, 0.25) is 0 Å². The molecule has 18 heavy (non-hydrogen) atoms. The van der Waals surface area contributed by atoms with Gasteiger partial charge < -0.3 is 10.2 Å². The first kappa shape index (κ1) is 14.3. The maximum absolute atomic E-state index is 3.69. The molecule has 2 heteroatoms. The van der Waals surface area contributed by atoms with Gasteiger partial charge >= 0.3 is 0 Å². The van der Waals surface area contributed by atoms with E-state index in [-0.39, 0.29) is 0 Å². The van der Waals surface area contributed by atoms with Crippen molar-refractivity contribution in [3.8, 4) is 0 Å². The Bertz CT molecular complexity index is 231. The van der Waals surface area contributed by atoms with Crippen molar-refractivity contribution in [3.63, 3.8) is 0 Å². The van der Waals surface area contributed by atoms with Crippen LogP contribution in [0.4, 0.5) is 0 Å². The number of rotatable bonds is 2. The van der Waals surface area contributed by atoms with Crippen LogP contribution in [0.1, 0.15) is 59.3 Å². The molecule has 106 valence electrons. The summed E-state index contributed by atoms with van der Waals surface area (Å²) in [6.07, 6.45) is 8.28. The Labute approximate surface area is 114 Å². The summed E-state index contributed by atoms with van der Waals surface area (Å²) in [4.78, 5) is 2.82. The third kappa shape index (κ3) is 3.96. The van der Waals surface area contributed by atoms with Gasteiger partial charge in [0.2, 0.25) is 0 Å². The van der Waals surface area contributed by atoms with Crippen LogP contribution < -0.4 is 5.32 Å². The lowest BCUT2D eigenvalue weighted by Crippen LogP contribution is -2.46. The van der Waals surface area contributed by atoms with Gasteiger partial charge in [0, 0.05) is 12.1 Å². The summed E-state index contributed by atoms with van der Waals surface area (Å²) in [5.41, 5.74) is 0. The second kappa shape index (κ2) is 6.91. The van der Waals surface area contributed by atoms with Gasteiger partial charge in [0.15, 0.2) is 0 Å². The number of hydrogen-bond donors (Lipinski definition) is 1. The molecule has 1 saturated heterocycles. The van der Waals surface area contributed by atoms with Gasteiger partial charge in [-0.3, -0.25) is 0 Å². The fraction of sp³-hybridized carbons (Fsp3) is 1.00. The molecule has 1 saturated carbocycles. The molecule has 0 radical (unpaired) electrons. The smallest absolute Gasteiger partial charge is 0.0100 e. The van der Waals surface area contributed by atoms with Crippen molar-refractivity contribution in [3.05, 3.63) is 0 Å². The van der Waals surface area contributed by atoms with E-state index in [1.807, 2.05) is 0 Å². The number of nitrogens with one attached hydrogen (secondary N) is 1. The van der Waals surface area contributed by atoms with Crippen LogP contribution in [-0.2, 0) is 0 Å². The topological polar surface area (TPSA) is 15.3 Å². The van der Waals surface area contributed by atoms with Crippen LogP contribution in [0.3, 0.4) is 0 Å². The molecule has 0 aromatic carbocycles. The van der Waals surface area contributed by atoms with E-state index in [2.05, 4.69) is 31.0 Å². The van der Waals surface area contributed by atoms with Crippen LogP contribution in [-0.4, -0.2) is 36.6 Å². The van der Waals surface area contributed by atoms with Crippen LogP contribution in [0.5, 0.6) is 0 Å². The Balaban J connectivity index is 1.89. The van der Waals surface area contributed by atoms with Gasteiger partial charge in [0.25, 0.3) is 0 Å². The Kier molecular flexibility index (Phi) is 5.50. The standard InChI is InChI=1S/C16H32N2/c1-4-15-6-9-18(8-5-7-17-15)16-11-13(2)10-14(3)12-16/h13-17H,4-12H2,1-3H3. The molecular formula is C16H32N2. The zero-order valence-corrected chi connectivity index (χ0v) is 12.6. The molecule has 2 fully saturated rings. The van der Waals surface area contributed by atoms with Gasteiger partial charge in [-0.25, -0.2) is 0 Å². The van der Waals surface area contributed by atoms with Gasteiger partial charge in [0.1, 0.15) is 0 Å². The second-order valence-corrected chi connectivity index (χ2v) is 6.81. The van der Waals surface area contributed by atoms with Gasteiger partial charge in [-0.2, -0.15) is 0 Å². The van der Waals surface area contributed by atoms with E-state index < -0.39 is 0 Å². The minimum absolute atomic E-state index is 0.756. The first-order valence-electron chi connectivity index (χ1n) is 8.16. The highest BCUT2D eigenvalue weighted by molar-refractivity contribution is 4.84. The first-order chi connectivity index (χ1) is 8.69. The van der Waals surface area contributed by atoms with Crippen LogP contribution >= 0.6 is 0 Å². The lowest BCUT2D eigenvalue weighted by Gasteiger charge is -2.41. The summed E-state index contributed by atoms with van der Waals surface area (Å²) in [5, 5.41) is 3.69. The van der Waals surface area contributed by atoms with Crippen LogP contribution in [0.25, 0.3) is 0 Å². The van der Waals surface area contributed by atoms with Crippen molar-refractivity contribution in [2.45, 2.75) is 71.4 Å². The van der Waals surface area contributed by atoms with Crippen molar-refractivity contribution >= 4 is 0 Å². The third-order valence-electron chi connectivity index (χ3n) is 4.98. The van der Waals surface area contributed by atoms with Crippen molar-refractivity contribution in [2.75, 3.05) is 19.6 Å². The number of nitrogens with zero attached hydrogens (tertiary/aromatic N) is 1. The molecule has 3 atom stereocenters. The molecule has 0 aromatic heterocycles. The van der Waals surface area contributed by atoms with E-state index in [1.54, 1.807) is 0 Å². The lowest BCUT2D eigenvalue weighted by atomic mass is 9.79. The molecular weight excluding hydrogens is 220 g/mol. The summed E-state index contributed by atoms with van der Waals surface area (Å²) >= 11 is 0. The minimum atomic E-state index is 0.756. The molecule has 1 aliphatic carbocycles. The van der Waals surface area contributed by atoms with Gasteiger partial charge in [-0.05, 0) is 70.0 Å². The summed E-state index contributed by atoms with van der Waals surface area (Å²) < 4.78 is 0. The molecule has 2 nitrogen and oxygen atoms in total. The van der Waals surface area contributed by atoms with Gasteiger partial charge in [-0.1, -0.05) is 20.8 Å². The Morgan fingerprint density at radius 3 is 2.44 bits per heavy atom. The van der Waals surface area contributed by atoms with E-state index in [1.165, 1.54) is 58.2 Å². The van der Waals surface area contributed by atoms with E-state index in [0.29, 0.717) is 0 Å². The van der Waals surface area contributed by atoms with E-state index in [0.717, 1.165) is 23.9 Å². The molecule has 0 aromatic rings. The third-order valence-corrected chi connectivity index (χ3v) is 4.98. The molecule has 2 aliphatic rings. The van der Waals surface area contributed by atoms with E-state index in [4.69, 9.17) is 0 Å². The molecule has 3 unspecified atom stereocenters. The summed E-state index contributed by atoms with van der Waals surface area (Å²) in [5.74, 6) is 1.87. The molecule has 0 amide bonds. The predicted molar refractivity (Wildman–Crippen MR) is 78.9 cm³/mol. The van der Waals surface area contributed by atoms with Crippen molar-refractivity contribution in [2.24, 2.45) is 11.8 Å². The van der Waals surface area contributed by atoms with Crippen molar-refractivity contribution < 1.29 is 0 Å². The average molecular weight is 252 g/mol. The van der Waals surface area contributed by atoms with E-state index in [9.17, 15) is 0 Å². The van der Waals surface area contributed by atoms with Crippen LogP contribution in [0, 0.1) is 11.8 Å². The highest BCUT2D eigenvalue weighted by Gasteiger charge is 2.28. The maximum atomic E-state index is 3.69. The Morgan fingerprint density at radius 2 is 1.78 bits per heavy atom. The Morgan fingerprint density at radius 1 is 1.06 bits per heavy atom. The first-order valence-corrected chi connectivity index (χ1v) is 8.16. The summed E-state index contributed by atoms with van der Waals surface area (Å²) in [7, 11) is 0.